The van der Waals surface area contributed by atoms with Crippen LogP contribution in [0.5, 0.6) is 0 Å². The second kappa shape index (κ2) is 4.92. The molecule has 3 rings (SSSR count). The quantitative estimate of drug-likeness (QED) is 0.765. The van der Waals surface area contributed by atoms with Crippen LogP contribution in [0.25, 0.3) is 10.9 Å². The summed E-state index contributed by atoms with van der Waals surface area (Å²) in [6, 6.07) is 6.16. The number of fused-ring (bicyclic) bond motifs is 1. The summed E-state index contributed by atoms with van der Waals surface area (Å²) in [5.41, 5.74) is 4.27. The zero-order valence-electron chi connectivity index (χ0n) is 11.9. The molecule has 0 bridgehead atoms. The minimum Gasteiger partial charge on any atom is -0.362 e. The summed E-state index contributed by atoms with van der Waals surface area (Å²) in [5, 5.41) is 4.36. The molecular formula is C15H17N5. The third kappa shape index (κ3) is 2.34. The van der Waals surface area contributed by atoms with Gasteiger partial charge in [0.2, 0.25) is 0 Å². The molecule has 20 heavy (non-hydrogen) atoms. The summed E-state index contributed by atoms with van der Waals surface area (Å²) in [7, 11) is 0. The molecule has 0 unspecified atom stereocenters. The normalized spacial score (nSPS) is 10.9. The molecule has 0 atom stereocenters. The number of nitrogens with one attached hydrogen (secondary N) is 2. The zero-order chi connectivity index (χ0) is 14.1. The molecule has 0 aliphatic carbocycles. The van der Waals surface area contributed by atoms with E-state index in [2.05, 4.69) is 44.3 Å². The van der Waals surface area contributed by atoms with Gasteiger partial charge in [-0.15, -0.1) is 0 Å². The van der Waals surface area contributed by atoms with Gasteiger partial charge in [0, 0.05) is 11.1 Å². The molecule has 1 aromatic carbocycles. The number of hydrogen-bond donors (Lipinski definition) is 2. The summed E-state index contributed by atoms with van der Waals surface area (Å²) >= 11 is 0. The highest BCUT2D eigenvalue weighted by Gasteiger charge is 2.06. The summed E-state index contributed by atoms with van der Waals surface area (Å²) in [4.78, 5) is 16.3. The Hall–Kier alpha value is -2.43. The Bertz CT molecular complexity index is 741. The molecule has 2 aromatic heterocycles. The Morgan fingerprint density at radius 1 is 1.15 bits per heavy atom. The molecule has 0 amide bonds. The summed E-state index contributed by atoms with van der Waals surface area (Å²) in [5.74, 6) is 1.75. The molecule has 0 aliphatic heterocycles. The third-order valence-corrected chi connectivity index (χ3v) is 3.39. The fourth-order valence-electron chi connectivity index (χ4n) is 2.18. The van der Waals surface area contributed by atoms with E-state index in [1.165, 1.54) is 5.56 Å². The predicted octanol–water partition coefficient (Wildman–Crippen LogP) is 2.89. The largest absolute Gasteiger partial charge is 0.362 e. The topological polar surface area (TPSA) is 66.5 Å². The first kappa shape index (κ1) is 12.6. The number of aryl methyl sites for hydroxylation is 3. The van der Waals surface area contributed by atoms with Gasteiger partial charge in [0.05, 0.1) is 17.8 Å². The maximum absolute atomic E-state index is 4.46. The fourth-order valence-corrected chi connectivity index (χ4v) is 2.18. The molecular weight excluding hydrogens is 250 g/mol. The van der Waals surface area contributed by atoms with E-state index < -0.39 is 0 Å². The van der Waals surface area contributed by atoms with Crippen LogP contribution in [-0.2, 0) is 6.54 Å². The molecule has 0 radical (unpaired) electrons. The van der Waals surface area contributed by atoms with Gasteiger partial charge in [-0.2, -0.15) is 0 Å². The fraction of sp³-hybridized carbons (Fsp3) is 0.267. The van der Waals surface area contributed by atoms with Gasteiger partial charge in [-0.1, -0.05) is 11.6 Å². The highest BCUT2D eigenvalue weighted by molar-refractivity contribution is 5.89. The van der Waals surface area contributed by atoms with E-state index in [0.29, 0.717) is 6.54 Å². The van der Waals surface area contributed by atoms with Gasteiger partial charge in [0.1, 0.15) is 18.0 Å². The number of aromatic amines is 1. The van der Waals surface area contributed by atoms with Crippen LogP contribution in [0.3, 0.4) is 0 Å². The molecule has 0 fully saturated rings. The van der Waals surface area contributed by atoms with E-state index in [4.69, 9.17) is 0 Å². The molecule has 2 N–H and O–H groups in total. The van der Waals surface area contributed by atoms with Crippen molar-refractivity contribution < 1.29 is 0 Å². The van der Waals surface area contributed by atoms with Crippen molar-refractivity contribution in [1.82, 2.24) is 19.9 Å². The minimum atomic E-state index is 0.620. The molecule has 5 heteroatoms. The monoisotopic (exact) mass is 267 g/mol. The summed E-state index contributed by atoms with van der Waals surface area (Å²) in [6.07, 6.45) is 1.58. The Morgan fingerprint density at radius 2 is 2.00 bits per heavy atom. The lowest BCUT2D eigenvalue weighted by Crippen LogP contribution is -2.04. The van der Waals surface area contributed by atoms with Gasteiger partial charge in [0.15, 0.2) is 0 Å². The Morgan fingerprint density at radius 3 is 2.75 bits per heavy atom. The van der Waals surface area contributed by atoms with Crippen LogP contribution < -0.4 is 5.32 Å². The molecule has 2 heterocycles. The van der Waals surface area contributed by atoms with Crippen molar-refractivity contribution in [1.29, 1.82) is 0 Å². The number of hydrogen-bond acceptors (Lipinski definition) is 4. The van der Waals surface area contributed by atoms with Gasteiger partial charge in [-0.25, -0.2) is 15.0 Å². The van der Waals surface area contributed by atoms with Gasteiger partial charge in [-0.05, 0) is 32.9 Å². The lowest BCUT2D eigenvalue weighted by molar-refractivity contribution is 0.977. The van der Waals surface area contributed by atoms with Crippen molar-refractivity contribution in [3.8, 4) is 0 Å². The van der Waals surface area contributed by atoms with E-state index in [0.717, 1.165) is 33.9 Å². The van der Waals surface area contributed by atoms with Crippen molar-refractivity contribution in [2.45, 2.75) is 27.3 Å². The van der Waals surface area contributed by atoms with Crippen LogP contribution in [0, 0.1) is 20.8 Å². The van der Waals surface area contributed by atoms with Crippen LogP contribution in [0.15, 0.2) is 24.5 Å². The Labute approximate surface area is 117 Å². The average molecular weight is 267 g/mol. The first-order valence-corrected chi connectivity index (χ1v) is 6.61. The second-order valence-electron chi connectivity index (χ2n) is 4.99. The number of anilines is 1. The van der Waals surface area contributed by atoms with Gasteiger partial charge in [0.25, 0.3) is 0 Å². The summed E-state index contributed by atoms with van der Waals surface area (Å²) in [6.45, 7) is 6.71. The number of benzene rings is 1. The highest BCUT2D eigenvalue weighted by atomic mass is 15.1. The maximum atomic E-state index is 4.46. The van der Waals surface area contributed by atoms with Crippen LogP contribution in [0.2, 0.25) is 0 Å². The average Bonchev–Trinajstić information content (AvgIpc) is 2.75. The van der Waals surface area contributed by atoms with E-state index in [1.807, 2.05) is 19.9 Å². The first-order valence-electron chi connectivity index (χ1n) is 6.61. The van der Waals surface area contributed by atoms with Crippen molar-refractivity contribution in [3.05, 3.63) is 47.3 Å². The van der Waals surface area contributed by atoms with Crippen LogP contribution >= 0.6 is 0 Å². The van der Waals surface area contributed by atoms with Crippen LogP contribution in [0.1, 0.15) is 22.8 Å². The van der Waals surface area contributed by atoms with Crippen LogP contribution in [0.4, 0.5) is 5.82 Å². The third-order valence-electron chi connectivity index (χ3n) is 3.39. The molecule has 5 nitrogen and oxygen atoms in total. The number of nitrogens with zero attached hydrogens (tertiary/aromatic N) is 3. The number of imidazole rings is 1. The van der Waals surface area contributed by atoms with Crippen molar-refractivity contribution in [2.75, 3.05) is 5.32 Å². The number of H-pyrrole nitrogens is 1. The molecule has 3 aromatic rings. The minimum absolute atomic E-state index is 0.620. The molecule has 0 saturated carbocycles. The highest BCUT2D eigenvalue weighted by Crippen LogP contribution is 2.20. The van der Waals surface area contributed by atoms with E-state index in [-0.39, 0.29) is 0 Å². The first-order chi connectivity index (χ1) is 9.63. The Kier molecular flexibility index (Phi) is 3.10. The lowest BCUT2D eigenvalue weighted by atomic mass is 10.1. The van der Waals surface area contributed by atoms with Crippen molar-refractivity contribution in [2.24, 2.45) is 0 Å². The van der Waals surface area contributed by atoms with Crippen LogP contribution in [-0.4, -0.2) is 19.9 Å². The Balaban J connectivity index is 1.89. The van der Waals surface area contributed by atoms with Crippen molar-refractivity contribution >= 4 is 16.7 Å². The molecule has 0 aliphatic rings. The standard InChI is InChI=1S/C15H17N5/c1-9-4-5-13-12(6-9)15(18-8-17-13)16-7-14-19-10(2)11(3)20-14/h4-6,8H,7H2,1-3H3,(H,19,20)(H,16,17,18). The van der Waals surface area contributed by atoms with E-state index >= 15 is 0 Å². The van der Waals surface area contributed by atoms with Crippen molar-refractivity contribution in [3.63, 3.8) is 0 Å². The smallest absolute Gasteiger partial charge is 0.137 e. The maximum Gasteiger partial charge on any atom is 0.137 e. The summed E-state index contributed by atoms with van der Waals surface area (Å²) < 4.78 is 0. The SMILES string of the molecule is Cc1ccc2ncnc(NCc3nc(C)c(C)[nH]3)c2c1. The van der Waals surface area contributed by atoms with E-state index in [1.54, 1.807) is 6.33 Å². The molecule has 0 saturated heterocycles. The number of aromatic nitrogens is 4. The van der Waals surface area contributed by atoms with E-state index in [9.17, 15) is 0 Å². The zero-order valence-corrected chi connectivity index (χ0v) is 11.9. The molecule has 102 valence electrons. The molecule has 0 spiro atoms. The van der Waals surface area contributed by atoms with Gasteiger partial charge in [-0.3, -0.25) is 0 Å². The second-order valence-corrected chi connectivity index (χ2v) is 4.99. The number of rotatable bonds is 3. The predicted molar refractivity (Wildman–Crippen MR) is 79.7 cm³/mol. The lowest BCUT2D eigenvalue weighted by Gasteiger charge is -2.07. The van der Waals surface area contributed by atoms with Gasteiger partial charge >= 0.3 is 0 Å². The van der Waals surface area contributed by atoms with Gasteiger partial charge < -0.3 is 10.3 Å².